The van der Waals surface area contributed by atoms with Crippen LogP contribution in [-0.2, 0) is 9.59 Å². The molecule has 0 saturated carbocycles. The minimum atomic E-state index is -0.804. The number of nitrogens with zero attached hydrogens (tertiary/aromatic N) is 1. The number of halogens is 2. The molecule has 1 aliphatic rings. The van der Waals surface area contributed by atoms with Gasteiger partial charge in [-0.3, -0.25) is 9.59 Å². The van der Waals surface area contributed by atoms with Crippen LogP contribution in [0.4, 0.5) is 0 Å². The number of amides is 1. The summed E-state index contributed by atoms with van der Waals surface area (Å²) < 4.78 is 5.63. The van der Waals surface area contributed by atoms with Gasteiger partial charge in [0, 0.05) is 18.1 Å². The quantitative estimate of drug-likeness (QED) is 0.895. The third kappa shape index (κ3) is 4.30. The predicted molar refractivity (Wildman–Crippen MR) is 88.0 cm³/mol. The zero-order valence-electron chi connectivity index (χ0n) is 13.0. The molecular weight excluding hydrogens is 341 g/mol. The van der Waals surface area contributed by atoms with E-state index < -0.39 is 18.0 Å². The molecule has 1 aromatic carbocycles. The number of carbonyl (C=O) groups is 2. The lowest BCUT2D eigenvalue weighted by atomic mass is 9.87. The maximum atomic E-state index is 12.5. The number of piperidine rings is 1. The summed E-state index contributed by atoms with van der Waals surface area (Å²) in [5, 5.41) is 9.97. The number of carboxylic acids is 1. The molecule has 126 valence electrons. The first-order valence-electron chi connectivity index (χ1n) is 7.43. The van der Waals surface area contributed by atoms with Crippen LogP contribution in [-0.4, -0.2) is 41.1 Å². The molecule has 23 heavy (non-hydrogen) atoms. The maximum Gasteiger partial charge on any atom is 0.306 e. The summed E-state index contributed by atoms with van der Waals surface area (Å²) in [5.41, 5.74) is 0. The Balaban J connectivity index is 1.99. The third-order valence-electron chi connectivity index (χ3n) is 4.08. The van der Waals surface area contributed by atoms with Crippen LogP contribution in [0.2, 0.25) is 10.0 Å². The van der Waals surface area contributed by atoms with Gasteiger partial charge >= 0.3 is 5.97 Å². The van der Waals surface area contributed by atoms with E-state index in [1.807, 2.05) is 6.92 Å². The number of likely N-dealkylation sites (tertiary alicyclic amines) is 1. The molecule has 0 radical (unpaired) electrons. The van der Waals surface area contributed by atoms with Gasteiger partial charge in [-0.1, -0.05) is 30.1 Å². The van der Waals surface area contributed by atoms with Crippen LogP contribution in [0.5, 0.6) is 5.75 Å². The average molecular weight is 360 g/mol. The number of benzene rings is 1. The van der Waals surface area contributed by atoms with Gasteiger partial charge in [-0.15, -0.1) is 0 Å². The molecule has 1 aromatic rings. The fourth-order valence-electron chi connectivity index (χ4n) is 2.78. The van der Waals surface area contributed by atoms with Crippen molar-refractivity contribution in [3.8, 4) is 5.75 Å². The molecule has 5 nitrogen and oxygen atoms in total. The number of carbonyl (C=O) groups excluding carboxylic acids is 1. The van der Waals surface area contributed by atoms with E-state index in [9.17, 15) is 9.59 Å². The van der Waals surface area contributed by atoms with Gasteiger partial charge in [-0.25, -0.2) is 0 Å². The van der Waals surface area contributed by atoms with E-state index in [0.29, 0.717) is 35.3 Å². The van der Waals surface area contributed by atoms with E-state index in [-0.39, 0.29) is 11.8 Å². The van der Waals surface area contributed by atoms with E-state index in [4.69, 9.17) is 33.0 Å². The van der Waals surface area contributed by atoms with Gasteiger partial charge in [0.1, 0.15) is 5.75 Å². The average Bonchev–Trinajstić information content (AvgIpc) is 2.48. The first-order chi connectivity index (χ1) is 10.8. The van der Waals surface area contributed by atoms with Crippen LogP contribution in [0.3, 0.4) is 0 Å². The molecule has 0 aliphatic carbocycles. The second kappa shape index (κ2) is 7.41. The summed E-state index contributed by atoms with van der Waals surface area (Å²) in [7, 11) is 0. The van der Waals surface area contributed by atoms with Crippen molar-refractivity contribution in [1.82, 2.24) is 4.90 Å². The van der Waals surface area contributed by atoms with Crippen molar-refractivity contribution in [1.29, 1.82) is 0 Å². The second-order valence-electron chi connectivity index (χ2n) is 5.83. The van der Waals surface area contributed by atoms with Gasteiger partial charge < -0.3 is 14.7 Å². The highest BCUT2D eigenvalue weighted by Gasteiger charge is 2.34. The molecule has 0 aromatic heterocycles. The smallest absolute Gasteiger partial charge is 0.306 e. The molecule has 3 atom stereocenters. The van der Waals surface area contributed by atoms with Gasteiger partial charge in [0.15, 0.2) is 6.10 Å². The zero-order valence-corrected chi connectivity index (χ0v) is 14.5. The maximum absolute atomic E-state index is 12.5. The summed E-state index contributed by atoms with van der Waals surface area (Å²) in [4.78, 5) is 25.3. The summed E-state index contributed by atoms with van der Waals surface area (Å²) in [6, 6.07) is 4.81. The van der Waals surface area contributed by atoms with E-state index in [2.05, 4.69) is 0 Å². The minimum absolute atomic E-state index is 0.0866. The number of ether oxygens (including phenoxy) is 1. The van der Waals surface area contributed by atoms with Crippen molar-refractivity contribution in [2.45, 2.75) is 26.4 Å². The van der Waals surface area contributed by atoms with Crippen LogP contribution in [0.1, 0.15) is 20.3 Å². The zero-order chi connectivity index (χ0) is 17.1. The number of rotatable bonds is 4. The molecule has 1 heterocycles. The highest BCUT2D eigenvalue weighted by Crippen LogP contribution is 2.29. The summed E-state index contributed by atoms with van der Waals surface area (Å²) in [6.07, 6.45) is -0.251. The first-order valence-corrected chi connectivity index (χ1v) is 8.18. The second-order valence-corrected chi connectivity index (χ2v) is 6.67. The van der Waals surface area contributed by atoms with Crippen molar-refractivity contribution in [3.05, 3.63) is 28.2 Å². The molecule has 2 rings (SSSR count). The van der Waals surface area contributed by atoms with Crippen molar-refractivity contribution in [2.24, 2.45) is 11.8 Å². The topological polar surface area (TPSA) is 66.8 Å². The molecular formula is C16H19Cl2NO4. The Labute approximate surface area is 145 Å². The largest absolute Gasteiger partial charge is 0.481 e. The molecule has 1 fully saturated rings. The Morgan fingerprint density at radius 3 is 2.65 bits per heavy atom. The van der Waals surface area contributed by atoms with Crippen LogP contribution >= 0.6 is 23.2 Å². The molecule has 0 bridgehead atoms. The van der Waals surface area contributed by atoms with Crippen LogP contribution in [0.25, 0.3) is 0 Å². The molecule has 7 heteroatoms. The van der Waals surface area contributed by atoms with E-state index >= 15 is 0 Å². The number of hydrogen-bond donors (Lipinski definition) is 1. The monoisotopic (exact) mass is 359 g/mol. The normalized spacial score (nSPS) is 22.5. The van der Waals surface area contributed by atoms with E-state index in [1.54, 1.807) is 30.0 Å². The fraction of sp³-hybridized carbons (Fsp3) is 0.500. The van der Waals surface area contributed by atoms with Gasteiger partial charge in [-0.2, -0.15) is 0 Å². The minimum Gasteiger partial charge on any atom is -0.481 e. The van der Waals surface area contributed by atoms with Gasteiger partial charge in [0.25, 0.3) is 5.91 Å². The Morgan fingerprint density at radius 1 is 1.39 bits per heavy atom. The Hall–Kier alpha value is -1.46. The van der Waals surface area contributed by atoms with Crippen molar-refractivity contribution < 1.29 is 19.4 Å². The summed E-state index contributed by atoms with van der Waals surface area (Å²) >= 11 is 11.9. The number of hydrogen-bond acceptors (Lipinski definition) is 3. The fourth-order valence-corrected chi connectivity index (χ4v) is 3.23. The lowest BCUT2D eigenvalue weighted by Gasteiger charge is -2.36. The van der Waals surface area contributed by atoms with E-state index in [1.165, 1.54) is 0 Å². The Morgan fingerprint density at radius 2 is 2.09 bits per heavy atom. The summed E-state index contributed by atoms with van der Waals surface area (Å²) in [5.74, 6) is -1.07. The standard InChI is InChI=1S/C16H19Cl2NO4/c1-9-8-19(6-5-12(9)16(21)22)15(20)10(2)23-14-4-3-11(17)7-13(14)18/h3-4,7,9-10,12H,5-6,8H2,1-2H3,(H,21,22). The van der Waals surface area contributed by atoms with E-state index in [0.717, 1.165) is 0 Å². The summed E-state index contributed by atoms with van der Waals surface area (Å²) in [6.45, 7) is 4.33. The Kier molecular flexibility index (Phi) is 5.76. The highest BCUT2D eigenvalue weighted by molar-refractivity contribution is 6.35. The lowest BCUT2D eigenvalue weighted by Crippen LogP contribution is -2.49. The SMILES string of the molecule is CC(Oc1ccc(Cl)cc1Cl)C(=O)N1CCC(C(=O)O)C(C)C1. The molecule has 0 spiro atoms. The van der Waals surface area contributed by atoms with Crippen molar-refractivity contribution in [2.75, 3.05) is 13.1 Å². The first kappa shape index (κ1) is 17.9. The van der Waals surface area contributed by atoms with Crippen LogP contribution in [0, 0.1) is 11.8 Å². The van der Waals surface area contributed by atoms with Gasteiger partial charge in [0.05, 0.1) is 10.9 Å². The van der Waals surface area contributed by atoms with Crippen molar-refractivity contribution >= 4 is 35.1 Å². The predicted octanol–water partition coefficient (Wildman–Crippen LogP) is 3.33. The Bertz CT molecular complexity index is 608. The molecule has 3 unspecified atom stereocenters. The molecule has 1 saturated heterocycles. The number of aliphatic carboxylic acids is 1. The number of carboxylic acid groups (broad SMARTS) is 1. The van der Waals surface area contributed by atoms with Crippen LogP contribution in [0.15, 0.2) is 18.2 Å². The molecule has 1 aliphatic heterocycles. The molecule has 1 N–H and O–H groups in total. The third-order valence-corrected chi connectivity index (χ3v) is 4.61. The van der Waals surface area contributed by atoms with Crippen molar-refractivity contribution in [3.63, 3.8) is 0 Å². The lowest BCUT2D eigenvalue weighted by molar-refractivity contribution is -0.150. The highest BCUT2D eigenvalue weighted by atomic mass is 35.5. The van der Waals surface area contributed by atoms with Gasteiger partial charge in [-0.05, 0) is 37.5 Å². The van der Waals surface area contributed by atoms with Crippen LogP contribution < -0.4 is 4.74 Å². The van der Waals surface area contributed by atoms with Gasteiger partial charge in [0.2, 0.25) is 0 Å². The molecule has 1 amide bonds.